The van der Waals surface area contributed by atoms with Crippen LogP contribution in [0.15, 0.2) is 0 Å². The number of carbonyl (C=O) groups is 1. The van der Waals surface area contributed by atoms with Gasteiger partial charge in [0, 0.05) is 0 Å². The number of nitrogens with zero attached hydrogens (tertiary/aromatic N) is 1. The standard InChI is InChI=1S/C7HF8NO2S/c8-5(9,7(13,14)15)4-16-2(6(10,11)12)1(19-4)3(17)18/h(H,17,18). The van der Waals surface area contributed by atoms with Gasteiger partial charge in [0.05, 0.1) is 0 Å². The Kier molecular flexibility index (Phi) is 3.52. The number of aromatic nitrogens is 1. The molecule has 0 radical (unpaired) electrons. The highest BCUT2D eigenvalue weighted by Crippen LogP contribution is 2.47. The van der Waals surface area contributed by atoms with E-state index in [0.717, 1.165) is 0 Å². The third-order valence-electron chi connectivity index (χ3n) is 1.71. The van der Waals surface area contributed by atoms with E-state index < -0.39 is 51.2 Å². The Hall–Kier alpha value is -1.46. The van der Waals surface area contributed by atoms with Gasteiger partial charge in [-0.1, -0.05) is 0 Å². The smallest absolute Gasteiger partial charge is 0.460 e. The fourth-order valence-electron chi connectivity index (χ4n) is 0.913. The summed E-state index contributed by atoms with van der Waals surface area (Å²) >= 11 is -0.872. The lowest BCUT2D eigenvalue weighted by molar-refractivity contribution is -0.289. The minimum Gasteiger partial charge on any atom is -0.477 e. The quantitative estimate of drug-likeness (QED) is 0.850. The van der Waals surface area contributed by atoms with Crippen LogP contribution in [-0.4, -0.2) is 22.2 Å². The number of aromatic carboxylic acids is 1. The molecule has 0 aliphatic heterocycles. The van der Waals surface area contributed by atoms with Crippen molar-refractivity contribution in [2.24, 2.45) is 0 Å². The Bertz CT molecular complexity index is 502. The summed E-state index contributed by atoms with van der Waals surface area (Å²) in [6.07, 6.45) is -11.6. The summed E-state index contributed by atoms with van der Waals surface area (Å²) in [5, 5.41) is 6.08. The highest BCUT2D eigenvalue weighted by Gasteiger charge is 2.62. The Morgan fingerprint density at radius 3 is 1.79 bits per heavy atom. The molecule has 0 aliphatic carbocycles. The van der Waals surface area contributed by atoms with E-state index in [1.54, 1.807) is 0 Å². The van der Waals surface area contributed by atoms with E-state index in [9.17, 15) is 39.9 Å². The number of hydrogen-bond donors (Lipinski definition) is 1. The van der Waals surface area contributed by atoms with Crippen LogP contribution in [-0.2, 0) is 12.1 Å². The van der Waals surface area contributed by atoms with Gasteiger partial charge < -0.3 is 5.11 Å². The van der Waals surface area contributed by atoms with Crippen LogP contribution in [0.25, 0.3) is 0 Å². The summed E-state index contributed by atoms with van der Waals surface area (Å²) in [6, 6.07) is 0. The first-order valence-corrected chi connectivity index (χ1v) is 4.86. The normalized spacial score (nSPS) is 13.7. The van der Waals surface area contributed by atoms with Crippen molar-refractivity contribution in [3.8, 4) is 0 Å². The minimum atomic E-state index is -6.18. The first-order valence-electron chi connectivity index (χ1n) is 4.05. The van der Waals surface area contributed by atoms with Gasteiger partial charge in [0.25, 0.3) is 0 Å². The topological polar surface area (TPSA) is 50.2 Å². The second kappa shape index (κ2) is 4.28. The molecule has 1 N–H and O–H groups in total. The molecule has 0 fully saturated rings. The van der Waals surface area contributed by atoms with Crippen molar-refractivity contribution in [2.75, 3.05) is 0 Å². The Morgan fingerprint density at radius 1 is 1.05 bits per heavy atom. The Morgan fingerprint density at radius 2 is 1.53 bits per heavy atom. The van der Waals surface area contributed by atoms with E-state index in [2.05, 4.69) is 4.98 Å². The van der Waals surface area contributed by atoms with Gasteiger partial charge in [-0.15, -0.1) is 11.3 Å². The molecule has 3 nitrogen and oxygen atoms in total. The molecule has 1 heterocycles. The number of halogens is 8. The summed E-state index contributed by atoms with van der Waals surface area (Å²) < 4.78 is 98.2. The molecule has 1 aromatic heterocycles. The first-order chi connectivity index (χ1) is 8.28. The van der Waals surface area contributed by atoms with Crippen LogP contribution in [0, 0.1) is 0 Å². The molecule has 1 aromatic rings. The van der Waals surface area contributed by atoms with Gasteiger partial charge in [-0.25, -0.2) is 9.78 Å². The van der Waals surface area contributed by atoms with E-state index in [0.29, 0.717) is 0 Å². The number of carboxylic acids is 1. The first kappa shape index (κ1) is 15.6. The summed E-state index contributed by atoms with van der Waals surface area (Å²) in [4.78, 5) is 10.8. The molecule has 0 atom stereocenters. The molecule has 0 saturated carbocycles. The van der Waals surface area contributed by atoms with Gasteiger partial charge in [-0.05, 0) is 0 Å². The van der Waals surface area contributed by atoms with Crippen LogP contribution in [0.1, 0.15) is 20.4 Å². The molecule has 0 amide bonds. The van der Waals surface area contributed by atoms with Gasteiger partial charge in [-0.3, -0.25) is 0 Å². The van der Waals surface area contributed by atoms with Crippen molar-refractivity contribution in [1.82, 2.24) is 4.98 Å². The second-order valence-corrected chi connectivity index (χ2v) is 4.07. The molecule has 1 rings (SSSR count). The Labute approximate surface area is 102 Å². The molecule has 108 valence electrons. The van der Waals surface area contributed by atoms with Gasteiger partial charge >= 0.3 is 24.2 Å². The Balaban J connectivity index is 3.47. The number of rotatable bonds is 2. The van der Waals surface area contributed by atoms with Crippen LogP contribution in [0.2, 0.25) is 0 Å². The summed E-state index contributed by atoms with van der Waals surface area (Å²) in [7, 11) is 0. The number of thiazole rings is 1. The van der Waals surface area contributed by atoms with E-state index in [4.69, 9.17) is 5.11 Å². The molecule has 0 saturated heterocycles. The monoisotopic (exact) mass is 315 g/mol. The lowest BCUT2D eigenvalue weighted by atomic mass is 10.3. The van der Waals surface area contributed by atoms with Crippen molar-refractivity contribution in [3.63, 3.8) is 0 Å². The van der Waals surface area contributed by atoms with Crippen LogP contribution >= 0.6 is 11.3 Å². The van der Waals surface area contributed by atoms with Crippen LogP contribution in [0.3, 0.4) is 0 Å². The van der Waals surface area contributed by atoms with Gasteiger partial charge in [0.15, 0.2) is 10.7 Å². The van der Waals surface area contributed by atoms with Crippen molar-refractivity contribution >= 4 is 17.3 Å². The molecule has 0 bridgehead atoms. The molecular weight excluding hydrogens is 314 g/mol. The SMILES string of the molecule is O=C(O)c1sc(C(F)(F)C(F)(F)F)nc1C(F)(F)F. The predicted octanol–water partition coefficient (Wildman–Crippen LogP) is 3.51. The van der Waals surface area contributed by atoms with Crippen molar-refractivity contribution < 1.29 is 45.0 Å². The third kappa shape index (κ3) is 2.77. The van der Waals surface area contributed by atoms with E-state index in [1.807, 2.05) is 0 Å². The van der Waals surface area contributed by atoms with Crippen LogP contribution in [0.4, 0.5) is 35.1 Å². The maximum Gasteiger partial charge on any atom is 0.460 e. The highest BCUT2D eigenvalue weighted by molar-refractivity contribution is 7.13. The molecule has 0 aromatic carbocycles. The number of alkyl halides is 8. The summed E-state index contributed by atoms with van der Waals surface area (Å²) in [6.45, 7) is 0. The van der Waals surface area contributed by atoms with Crippen molar-refractivity contribution in [1.29, 1.82) is 0 Å². The minimum absolute atomic E-state index is 0.872. The third-order valence-corrected chi connectivity index (χ3v) is 2.83. The maximum absolute atomic E-state index is 12.8. The summed E-state index contributed by atoms with van der Waals surface area (Å²) in [5.74, 6) is -7.96. The largest absolute Gasteiger partial charge is 0.477 e. The van der Waals surface area contributed by atoms with Crippen LogP contribution in [0.5, 0.6) is 0 Å². The molecule has 0 aliphatic rings. The summed E-state index contributed by atoms with van der Waals surface area (Å²) in [5.41, 5.74) is -2.29. The van der Waals surface area contributed by atoms with Crippen LogP contribution < -0.4 is 0 Å². The molecule has 0 spiro atoms. The zero-order valence-electron chi connectivity index (χ0n) is 8.23. The average Bonchev–Trinajstić information content (AvgIpc) is 2.59. The molecule has 12 heteroatoms. The zero-order valence-corrected chi connectivity index (χ0v) is 9.05. The molecule has 19 heavy (non-hydrogen) atoms. The lowest BCUT2D eigenvalue weighted by Crippen LogP contribution is -2.33. The molecule has 0 unspecified atom stereocenters. The average molecular weight is 315 g/mol. The fraction of sp³-hybridized carbons (Fsp3) is 0.429. The second-order valence-electron chi connectivity index (χ2n) is 3.07. The van der Waals surface area contributed by atoms with E-state index in [1.165, 1.54) is 0 Å². The lowest BCUT2D eigenvalue weighted by Gasteiger charge is -2.16. The van der Waals surface area contributed by atoms with Crippen molar-refractivity contribution in [3.05, 3.63) is 15.6 Å². The van der Waals surface area contributed by atoms with Gasteiger partial charge in [0.2, 0.25) is 0 Å². The van der Waals surface area contributed by atoms with Gasteiger partial charge in [-0.2, -0.15) is 35.1 Å². The van der Waals surface area contributed by atoms with Crippen molar-refractivity contribution in [2.45, 2.75) is 18.3 Å². The van der Waals surface area contributed by atoms with E-state index in [-0.39, 0.29) is 0 Å². The predicted molar refractivity (Wildman–Crippen MR) is 44.0 cm³/mol. The highest BCUT2D eigenvalue weighted by atomic mass is 32.1. The zero-order chi connectivity index (χ0) is 15.2. The maximum atomic E-state index is 12.8. The fourth-order valence-corrected chi connectivity index (χ4v) is 1.83. The number of hydrogen-bond acceptors (Lipinski definition) is 3. The van der Waals surface area contributed by atoms with E-state index >= 15 is 0 Å². The molecular formula is C7HF8NO2S. The van der Waals surface area contributed by atoms with Gasteiger partial charge in [0.1, 0.15) is 4.88 Å². The number of carboxylic acid groups (broad SMARTS) is 1.